The summed E-state index contributed by atoms with van der Waals surface area (Å²) in [5.74, 6) is 3.46. The normalized spacial score (nSPS) is 13.6. The average Bonchev–Trinajstić information content (AvgIpc) is 2.87. The summed E-state index contributed by atoms with van der Waals surface area (Å²) in [5, 5.41) is -0.322. The van der Waals surface area contributed by atoms with Crippen molar-refractivity contribution >= 4 is 30.2 Å². The molecule has 2 aromatic carbocycles. The SMILES string of the molecule is [B]Oc1cc(C2=C(CC(C)(C)[Si](C)(C)O)Cc3c(O[B])cc(OCCCC)cc3O2)ccc1OCCCC. The first-order chi connectivity index (χ1) is 18.0. The third-order valence-electron chi connectivity index (χ3n) is 7.36. The van der Waals surface area contributed by atoms with Gasteiger partial charge >= 0.3 is 16.1 Å². The molecule has 2 aromatic rings. The molecule has 9 heteroatoms. The van der Waals surface area contributed by atoms with Crippen LogP contribution in [0, 0.1) is 0 Å². The fourth-order valence-electron chi connectivity index (χ4n) is 4.20. The van der Waals surface area contributed by atoms with Gasteiger partial charge in [0.25, 0.3) is 0 Å². The second-order valence-electron chi connectivity index (χ2n) is 11.0. The molecular formula is C29H40B2O6Si. The van der Waals surface area contributed by atoms with E-state index in [1.54, 1.807) is 6.07 Å². The van der Waals surface area contributed by atoms with Gasteiger partial charge in [-0.3, -0.25) is 0 Å². The Balaban J connectivity index is 2.08. The van der Waals surface area contributed by atoms with Crippen LogP contribution in [0.3, 0.4) is 0 Å². The summed E-state index contributed by atoms with van der Waals surface area (Å²) in [7, 11) is 8.80. The van der Waals surface area contributed by atoms with Gasteiger partial charge in [0.05, 0.1) is 13.2 Å². The van der Waals surface area contributed by atoms with Crippen LogP contribution in [0.15, 0.2) is 35.9 Å². The average molecular weight is 534 g/mol. The molecule has 0 aromatic heterocycles. The molecule has 1 aliphatic heterocycles. The highest BCUT2D eigenvalue weighted by molar-refractivity contribution is 6.72. The van der Waals surface area contributed by atoms with Gasteiger partial charge in [0.1, 0.15) is 28.8 Å². The lowest BCUT2D eigenvalue weighted by Crippen LogP contribution is -2.39. The number of benzene rings is 2. The first-order valence-electron chi connectivity index (χ1n) is 13.5. The van der Waals surface area contributed by atoms with Crippen LogP contribution in [0.2, 0.25) is 18.1 Å². The topological polar surface area (TPSA) is 66.4 Å². The monoisotopic (exact) mass is 534 g/mol. The van der Waals surface area contributed by atoms with Crippen LogP contribution < -0.4 is 23.5 Å². The molecule has 1 heterocycles. The lowest BCUT2D eigenvalue weighted by molar-refractivity contribution is 0.301. The number of allylic oxidation sites excluding steroid dienone is 1. The molecule has 0 saturated heterocycles. The van der Waals surface area contributed by atoms with Crippen molar-refractivity contribution in [3.63, 3.8) is 0 Å². The lowest BCUT2D eigenvalue weighted by atomic mass is 9.90. The molecule has 0 aliphatic carbocycles. The van der Waals surface area contributed by atoms with E-state index in [1.807, 2.05) is 37.4 Å². The van der Waals surface area contributed by atoms with E-state index in [9.17, 15) is 4.80 Å². The van der Waals surface area contributed by atoms with Gasteiger partial charge in [-0.1, -0.05) is 40.5 Å². The van der Waals surface area contributed by atoms with Crippen molar-refractivity contribution in [3.8, 4) is 28.7 Å². The van der Waals surface area contributed by atoms with E-state index < -0.39 is 8.32 Å². The van der Waals surface area contributed by atoms with Crippen molar-refractivity contribution in [1.29, 1.82) is 0 Å². The predicted octanol–water partition coefficient (Wildman–Crippen LogP) is 6.68. The van der Waals surface area contributed by atoms with Gasteiger partial charge in [-0.15, -0.1) is 0 Å². The zero-order valence-electron chi connectivity index (χ0n) is 23.7. The largest absolute Gasteiger partial charge is 0.567 e. The van der Waals surface area contributed by atoms with E-state index in [4.69, 9.17) is 39.6 Å². The molecule has 0 fully saturated rings. The quantitative estimate of drug-likeness (QED) is 0.216. The standard InChI is InChI=1S/C29H40B2O6Si/c1-7-9-13-33-22-17-25-23(26(18-22)36-30)15-21(19-29(3,4)38(5,6)32)28(35-25)20-11-12-24(27(16-20)37-31)34-14-10-8-2/h11-12,16-18,32H,7-10,13-15,19H2,1-6H3. The minimum absolute atomic E-state index is 0.322. The van der Waals surface area contributed by atoms with Crippen LogP contribution in [-0.4, -0.2) is 42.4 Å². The Morgan fingerprint density at radius 2 is 1.58 bits per heavy atom. The van der Waals surface area contributed by atoms with Crippen molar-refractivity contribution in [3.05, 3.63) is 47.0 Å². The summed E-state index contributed by atoms with van der Waals surface area (Å²) in [4.78, 5) is 11.1. The first kappa shape index (κ1) is 30.0. The lowest BCUT2D eigenvalue weighted by Gasteiger charge is -2.37. The minimum atomic E-state index is -2.52. The first-order valence-corrected chi connectivity index (χ1v) is 16.4. The summed E-state index contributed by atoms with van der Waals surface area (Å²) >= 11 is 0. The smallest absolute Gasteiger partial charge is 0.374 e. The number of hydrogen-bond donors (Lipinski definition) is 1. The third kappa shape index (κ3) is 7.11. The maximum absolute atomic E-state index is 11.1. The number of rotatable bonds is 14. The Bertz CT molecular complexity index is 1130. The van der Waals surface area contributed by atoms with Crippen LogP contribution in [0.4, 0.5) is 0 Å². The number of fused-ring (bicyclic) bond motifs is 1. The van der Waals surface area contributed by atoms with Crippen LogP contribution in [-0.2, 0) is 6.42 Å². The number of unbranched alkanes of at least 4 members (excludes halogenated alkanes) is 2. The molecule has 0 saturated carbocycles. The fourth-order valence-corrected chi connectivity index (χ4v) is 4.85. The van der Waals surface area contributed by atoms with Gasteiger partial charge in [-0.25, -0.2) is 0 Å². The molecule has 0 atom stereocenters. The molecule has 3 rings (SSSR count). The summed E-state index contributed by atoms with van der Waals surface area (Å²) in [6, 6.07) is 9.31. The van der Waals surface area contributed by atoms with Crippen LogP contribution in [0.1, 0.15) is 70.9 Å². The van der Waals surface area contributed by atoms with Crippen LogP contribution in [0.5, 0.6) is 28.7 Å². The highest BCUT2D eigenvalue weighted by Crippen LogP contribution is 2.49. The Kier molecular flexibility index (Phi) is 10.3. The summed E-state index contributed by atoms with van der Waals surface area (Å²) in [6.07, 6.45) is 5.11. The van der Waals surface area contributed by atoms with E-state index in [0.717, 1.165) is 42.4 Å². The van der Waals surface area contributed by atoms with Gasteiger partial charge in [0.15, 0.2) is 14.1 Å². The number of ether oxygens (including phenoxy) is 3. The molecule has 202 valence electrons. The van der Waals surface area contributed by atoms with Gasteiger partial charge in [0, 0.05) is 29.7 Å². The van der Waals surface area contributed by atoms with Crippen molar-refractivity contribution in [2.24, 2.45) is 0 Å². The molecule has 4 radical (unpaired) electrons. The third-order valence-corrected chi connectivity index (χ3v) is 10.8. The fraction of sp³-hybridized carbons (Fsp3) is 0.517. The maximum Gasteiger partial charge on any atom is 0.374 e. The molecule has 0 unspecified atom stereocenters. The van der Waals surface area contributed by atoms with Gasteiger partial charge < -0.3 is 28.3 Å². The van der Waals surface area contributed by atoms with Crippen molar-refractivity contribution in [2.75, 3.05) is 13.2 Å². The molecule has 0 spiro atoms. The summed E-state index contributed by atoms with van der Waals surface area (Å²) in [5.41, 5.74) is 2.67. The Morgan fingerprint density at radius 1 is 0.921 bits per heavy atom. The Hall–Kier alpha value is -2.51. The highest BCUT2D eigenvalue weighted by Gasteiger charge is 2.40. The van der Waals surface area contributed by atoms with E-state index in [1.165, 1.54) is 0 Å². The molecule has 6 nitrogen and oxygen atoms in total. The number of hydrogen-bond acceptors (Lipinski definition) is 6. The molecule has 0 bridgehead atoms. The molecule has 38 heavy (non-hydrogen) atoms. The predicted molar refractivity (Wildman–Crippen MR) is 156 cm³/mol. The van der Waals surface area contributed by atoms with Gasteiger partial charge in [-0.2, -0.15) is 0 Å². The van der Waals surface area contributed by atoms with E-state index >= 15 is 0 Å². The summed E-state index contributed by atoms with van der Waals surface area (Å²) < 4.78 is 28.8. The highest BCUT2D eigenvalue weighted by atomic mass is 28.4. The van der Waals surface area contributed by atoms with Crippen LogP contribution >= 0.6 is 0 Å². The maximum atomic E-state index is 11.1. The zero-order valence-corrected chi connectivity index (χ0v) is 24.7. The zero-order chi connectivity index (χ0) is 27.9. The van der Waals surface area contributed by atoms with Gasteiger partial charge in [-0.05, 0) is 61.2 Å². The van der Waals surface area contributed by atoms with E-state index in [-0.39, 0.29) is 5.04 Å². The second kappa shape index (κ2) is 13.0. The van der Waals surface area contributed by atoms with Crippen molar-refractivity contribution in [1.82, 2.24) is 0 Å². The van der Waals surface area contributed by atoms with Gasteiger partial charge in [0.2, 0.25) is 0 Å². The van der Waals surface area contributed by atoms with Crippen LogP contribution in [0.25, 0.3) is 5.76 Å². The minimum Gasteiger partial charge on any atom is -0.567 e. The molecule has 1 N–H and O–H groups in total. The summed E-state index contributed by atoms with van der Waals surface area (Å²) in [6.45, 7) is 13.5. The van der Waals surface area contributed by atoms with Crippen molar-refractivity contribution in [2.45, 2.75) is 84.4 Å². The molecule has 1 aliphatic rings. The van der Waals surface area contributed by atoms with E-state index in [2.05, 4.69) is 27.7 Å². The second-order valence-corrected chi connectivity index (χ2v) is 15.5. The molecular weight excluding hydrogens is 494 g/mol. The Labute approximate surface area is 231 Å². The van der Waals surface area contributed by atoms with E-state index in [0.29, 0.717) is 60.6 Å². The Morgan fingerprint density at radius 3 is 2.18 bits per heavy atom. The van der Waals surface area contributed by atoms with Crippen molar-refractivity contribution < 1.29 is 28.3 Å². The molecule has 0 amide bonds.